The van der Waals surface area contributed by atoms with Crippen LogP contribution < -0.4 is 15.9 Å². The van der Waals surface area contributed by atoms with Crippen LogP contribution in [0.1, 0.15) is 33.4 Å². The van der Waals surface area contributed by atoms with E-state index in [1.165, 1.54) is 0 Å². The monoisotopic (exact) mass is 522 g/mol. The van der Waals surface area contributed by atoms with Gasteiger partial charge in [0.25, 0.3) is 10.1 Å². The molecule has 3 aromatic carbocycles. The molecule has 0 bridgehead atoms. The molecule has 0 spiro atoms. The first-order valence-electron chi connectivity index (χ1n) is 10.1. The maximum absolute atomic E-state index is 12.1. The van der Waals surface area contributed by atoms with Crippen molar-refractivity contribution in [1.29, 1.82) is 0 Å². The first-order chi connectivity index (χ1) is 15.4. The lowest BCUT2D eigenvalue weighted by Gasteiger charge is -2.27. The van der Waals surface area contributed by atoms with Crippen molar-refractivity contribution in [3.63, 3.8) is 0 Å². The van der Waals surface area contributed by atoms with Gasteiger partial charge in [-0.25, -0.2) is 0 Å². The van der Waals surface area contributed by atoms with Crippen LogP contribution in [0.3, 0.4) is 0 Å². The fraction of sp³-hybridized carbons (Fsp3) is 0.250. The van der Waals surface area contributed by atoms with Gasteiger partial charge in [0.15, 0.2) is 0 Å². The lowest BCUT2D eigenvalue weighted by atomic mass is 10.1. The highest BCUT2D eigenvalue weighted by atomic mass is 32.2. The molecule has 0 aromatic heterocycles. The molecule has 0 fully saturated rings. The smallest absolute Gasteiger partial charge is 0.294 e. The maximum Gasteiger partial charge on any atom is 0.294 e. The van der Waals surface area contributed by atoms with E-state index in [9.17, 15) is 22.1 Å². The third-order valence-electron chi connectivity index (χ3n) is 5.68. The normalized spacial score (nSPS) is 11.9. The Morgan fingerprint density at radius 1 is 0.606 bits per heavy atom. The van der Waals surface area contributed by atoms with Gasteiger partial charge < -0.3 is 9.11 Å². The van der Waals surface area contributed by atoms with Crippen molar-refractivity contribution in [3.05, 3.63) is 69.8 Å². The molecular formula is C24H27O5PS3. The summed E-state index contributed by atoms with van der Waals surface area (Å²) in [4.78, 5) is 1.34. The molecule has 5 nitrogen and oxygen atoms in total. The third-order valence-corrected chi connectivity index (χ3v) is 10.8. The minimum Gasteiger partial charge on any atom is -0.325 e. The fourth-order valence-corrected chi connectivity index (χ4v) is 8.60. The zero-order chi connectivity index (χ0) is 24.7. The fourth-order valence-electron chi connectivity index (χ4n) is 4.05. The molecule has 0 aliphatic carbocycles. The first kappa shape index (κ1) is 26.2. The van der Waals surface area contributed by atoms with E-state index in [-0.39, 0.29) is 4.90 Å². The zero-order valence-electron chi connectivity index (χ0n) is 19.3. The summed E-state index contributed by atoms with van der Waals surface area (Å²) in [6.07, 6.45) is 0. The number of hydrogen-bond donors (Lipinski definition) is 3. The van der Waals surface area contributed by atoms with E-state index >= 15 is 0 Å². The van der Waals surface area contributed by atoms with E-state index in [1.54, 1.807) is 19.1 Å². The van der Waals surface area contributed by atoms with Crippen LogP contribution in [0.4, 0.5) is 0 Å². The highest BCUT2D eigenvalue weighted by Crippen LogP contribution is 2.40. The molecule has 0 radical (unpaired) electrons. The number of hydrogen-bond acceptors (Lipinski definition) is 6. The van der Waals surface area contributed by atoms with Gasteiger partial charge in [0.2, 0.25) is 0 Å². The average Bonchev–Trinajstić information content (AvgIpc) is 2.71. The second kappa shape index (κ2) is 10.1. The molecule has 0 unspecified atom stereocenters. The molecule has 33 heavy (non-hydrogen) atoms. The Labute approximate surface area is 205 Å². The highest BCUT2D eigenvalue weighted by Gasteiger charge is 2.26. The van der Waals surface area contributed by atoms with Crippen LogP contribution in [0, 0.1) is 41.5 Å². The number of benzene rings is 3. The lowest BCUT2D eigenvalue weighted by molar-refractivity contribution is 0.482. The van der Waals surface area contributed by atoms with Gasteiger partial charge in [-0.3, -0.25) is 4.55 Å². The van der Waals surface area contributed by atoms with Gasteiger partial charge in [0.1, 0.15) is 0 Å². The largest absolute Gasteiger partial charge is 0.325 e. The van der Waals surface area contributed by atoms with Crippen molar-refractivity contribution < 1.29 is 22.1 Å². The Kier molecular flexibility index (Phi) is 8.01. The van der Waals surface area contributed by atoms with Gasteiger partial charge in [-0.05, 0) is 117 Å². The maximum atomic E-state index is 12.1. The molecule has 0 heterocycles. The van der Waals surface area contributed by atoms with Crippen molar-refractivity contribution in [1.82, 2.24) is 0 Å². The Bertz CT molecular complexity index is 1280. The molecule has 3 rings (SSSR count). The molecule has 0 saturated carbocycles. The van der Waals surface area contributed by atoms with Gasteiger partial charge >= 0.3 is 0 Å². The van der Waals surface area contributed by atoms with Crippen LogP contribution in [0.2, 0.25) is 0 Å². The van der Waals surface area contributed by atoms with E-state index in [0.29, 0.717) is 29.6 Å². The van der Waals surface area contributed by atoms with E-state index in [1.807, 2.05) is 58.9 Å². The van der Waals surface area contributed by atoms with Crippen LogP contribution in [0.15, 0.2) is 51.1 Å². The van der Waals surface area contributed by atoms with Gasteiger partial charge in [0.05, 0.1) is 4.90 Å². The summed E-state index contributed by atoms with van der Waals surface area (Å²) in [7, 11) is -5.69. The molecule has 3 N–H and O–H groups in total. The summed E-state index contributed by atoms with van der Waals surface area (Å²) in [5, 5.41) is 2.74. The Hall–Kier alpha value is -1.38. The summed E-state index contributed by atoms with van der Waals surface area (Å²) in [6.45, 7) is 11.5. The first-order valence-corrected chi connectivity index (χ1v) is 14.5. The van der Waals surface area contributed by atoms with Crippen molar-refractivity contribution in [2.24, 2.45) is 0 Å². The van der Waals surface area contributed by atoms with E-state index < -0.39 is 18.0 Å². The van der Waals surface area contributed by atoms with Crippen molar-refractivity contribution in [2.45, 2.75) is 56.2 Å². The Morgan fingerprint density at radius 2 is 0.970 bits per heavy atom. The van der Waals surface area contributed by atoms with Crippen molar-refractivity contribution >= 4 is 58.0 Å². The SMILES string of the molecule is Cc1cc(C)c(P(c2cc(SO)c(C)cc2C)c2cc(S(=O)(=O)O)c(C)cc2C)cc1SO. The predicted octanol–water partition coefficient (Wildman–Crippen LogP) is 5.67. The topological polar surface area (TPSA) is 94.8 Å². The quantitative estimate of drug-likeness (QED) is 0.218. The minimum atomic E-state index is -4.41. The summed E-state index contributed by atoms with van der Waals surface area (Å²) in [5.41, 5.74) is 5.32. The molecule has 0 amide bonds. The summed E-state index contributed by atoms with van der Waals surface area (Å²) < 4.78 is 53.8. The highest BCUT2D eigenvalue weighted by molar-refractivity contribution is 7.94. The molecule has 3 aromatic rings. The molecule has 0 atom stereocenters. The summed E-state index contributed by atoms with van der Waals surface area (Å²) >= 11 is 1.37. The van der Waals surface area contributed by atoms with Crippen LogP contribution in [0.25, 0.3) is 0 Å². The van der Waals surface area contributed by atoms with Crippen LogP contribution >= 0.6 is 32.0 Å². The van der Waals surface area contributed by atoms with Crippen LogP contribution in [0.5, 0.6) is 0 Å². The average molecular weight is 523 g/mol. The zero-order valence-corrected chi connectivity index (χ0v) is 22.6. The van der Waals surface area contributed by atoms with E-state index in [4.69, 9.17) is 0 Å². The van der Waals surface area contributed by atoms with Crippen LogP contribution in [-0.4, -0.2) is 22.1 Å². The lowest BCUT2D eigenvalue weighted by Crippen LogP contribution is -2.27. The van der Waals surface area contributed by atoms with E-state index in [2.05, 4.69) is 0 Å². The molecule has 9 heteroatoms. The Morgan fingerprint density at radius 3 is 1.33 bits per heavy atom. The van der Waals surface area contributed by atoms with Gasteiger partial charge in [0, 0.05) is 33.9 Å². The molecule has 0 aliphatic rings. The van der Waals surface area contributed by atoms with E-state index in [0.717, 1.165) is 53.5 Å². The molecule has 0 saturated heterocycles. The second-order valence-electron chi connectivity index (χ2n) is 8.21. The number of aryl methyl sites for hydroxylation is 6. The van der Waals surface area contributed by atoms with Crippen molar-refractivity contribution in [2.75, 3.05) is 0 Å². The number of rotatable bonds is 6. The van der Waals surface area contributed by atoms with Gasteiger partial charge in [-0.15, -0.1) is 0 Å². The summed E-state index contributed by atoms with van der Waals surface area (Å²) in [5.74, 6) is 0. The molecule has 176 valence electrons. The van der Waals surface area contributed by atoms with Gasteiger partial charge in [-0.1, -0.05) is 18.2 Å². The van der Waals surface area contributed by atoms with Gasteiger partial charge in [-0.2, -0.15) is 8.42 Å². The standard InChI is InChI=1S/C24H27O5PS3/c1-13-7-16(4)22(31-25)10-19(13)30(20-11-23(32-26)17(5)8-14(20)2)21-12-24(33(27,28)29)18(6)9-15(21)3/h7-12,25-26H,1-6H3,(H,27,28,29). The van der Waals surface area contributed by atoms with Crippen molar-refractivity contribution in [3.8, 4) is 0 Å². The summed E-state index contributed by atoms with van der Waals surface area (Å²) in [6, 6.07) is 11.3. The predicted molar refractivity (Wildman–Crippen MR) is 140 cm³/mol. The molecule has 0 aliphatic heterocycles. The van der Waals surface area contributed by atoms with Crippen LogP contribution in [-0.2, 0) is 10.1 Å². The Balaban J connectivity index is 2.46. The molecular weight excluding hydrogens is 495 g/mol. The minimum absolute atomic E-state index is 0.112. The second-order valence-corrected chi connectivity index (χ2v) is 13.0. The third kappa shape index (κ3) is 5.33.